The van der Waals surface area contributed by atoms with Crippen LogP contribution in [-0.2, 0) is 22.1 Å². The molecule has 0 unspecified atom stereocenters. The number of aliphatic hydroxyl groups is 1. The summed E-state index contributed by atoms with van der Waals surface area (Å²) in [5, 5.41) is 14.6. The molecule has 3 heterocycles. The molecule has 266 valence electrons. The minimum atomic E-state index is -1.11. The Morgan fingerprint density at radius 3 is 2.17 bits per heavy atom. The summed E-state index contributed by atoms with van der Waals surface area (Å²) in [5.74, 6) is 1.40. The van der Waals surface area contributed by atoms with Crippen LogP contribution in [0.25, 0.3) is 22.3 Å². The second kappa shape index (κ2) is 14.3. The minimum Gasteiger partial charge on any atom is -0.497 e. The first kappa shape index (κ1) is 34.5. The molecule has 6 aromatic rings. The van der Waals surface area contributed by atoms with Gasteiger partial charge in [0.15, 0.2) is 0 Å². The molecule has 0 aliphatic carbocycles. The van der Waals surface area contributed by atoms with Gasteiger partial charge < -0.3 is 39.7 Å². The molecule has 1 saturated heterocycles. The highest BCUT2D eigenvalue weighted by Crippen LogP contribution is 2.43. The number of hydrogen-bond donors (Lipinski definition) is 3. The highest BCUT2D eigenvalue weighted by atomic mass is 16.6. The number of aromatic nitrogens is 3. The van der Waals surface area contributed by atoms with Crippen molar-refractivity contribution in [1.82, 2.24) is 14.1 Å². The number of nitrogens with two attached hydrogens (primary N) is 1. The van der Waals surface area contributed by atoms with Crippen LogP contribution in [0.15, 0.2) is 120 Å². The van der Waals surface area contributed by atoms with Gasteiger partial charge in [0.2, 0.25) is 0 Å². The summed E-state index contributed by atoms with van der Waals surface area (Å²) in [6.45, 7) is 0.000205. The molecule has 0 saturated carbocycles. The third kappa shape index (κ3) is 6.50. The largest absolute Gasteiger partial charge is 0.497 e. The summed E-state index contributed by atoms with van der Waals surface area (Å²) in [4.78, 5) is 29.2. The number of hydrogen-bond acceptors (Lipinski definition) is 8. The number of carbonyl (C=O) groups is 1. The number of rotatable bonds is 11. The van der Waals surface area contributed by atoms with Crippen LogP contribution in [0, 0.1) is 0 Å². The highest BCUT2D eigenvalue weighted by molar-refractivity contribution is 5.89. The van der Waals surface area contributed by atoms with Crippen molar-refractivity contribution in [3.8, 4) is 22.8 Å². The predicted octanol–water partition coefficient (Wildman–Crippen LogP) is 5.57. The number of benzene rings is 4. The molecule has 7 rings (SSSR count). The second-order valence-corrected chi connectivity index (χ2v) is 12.6. The fourth-order valence-electron chi connectivity index (χ4n) is 6.90. The number of urea groups is 1. The maximum Gasteiger partial charge on any atom is 0.351 e. The molecule has 12 heteroatoms. The van der Waals surface area contributed by atoms with E-state index in [4.69, 9.17) is 24.7 Å². The quantitative estimate of drug-likeness (QED) is 0.148. The Bertz CT molecular complexity index is 2200. The van der Waals surface area contributed by atoms with E-state index in [0.717, 1.165) is 27.9 Å². The molecule has 12 nitrogen and oxygen atoms in total. The van der Waals surface area contributed by atoms with E-state index >= 15 is 0 Å². The van der Waals surface area contributed by atoms with Crippen molar-refractivity contribution in [2.75, 3.05) is 26.1 Å². The molecular weight excluding hydrogens is 662 g/mol. The number of nitrogens with zero attached hydrogens (tertiary/aromatic N) is 3. The molecule has 2 aromatic heterocycles. The summed E-state index contributed by atoms with van der Waals surface area (Å²) in [6, 6.07) is 33.7. The lowest BCUT2D eigenvalue weighted by molar-refractivity contribution is -0.0943. The normalized spacial score (nSPS) is 17.3. The number of primary amides is 1. The monoisotopic (exact) mass is 701 g/mol. The standard InChI is InChI=1S/C40H39N5O7/c1-44-33(25-8-7-11-30(20-25)42-38(41)47)21-26-23-45(39(48)43-37(26)44)36-22-34(46)35(52-36)24-51-40(27-9-5-4-6-10-27,28-12-16-31(49-2)17-13-28)29-14-18-32(50-3)19-15-29/h4-21,23,34-36,46H,22,24H2,1-3H3,(H3,41,42,47)/t34-,35+,36+/m0/s1. The van der Waals surface area contributed by atoms with Crippen LogP contribution in [0.1, 0.15) is 29.3 Å². The molecule has 0 spiro atoms. The van der Waals surface area contributed by atoms with Gasteiger partial charge in [0.05, 0.1) is 32.6 Å². The van der Waals surface area contributed by atoms with Gasteiger partial charge in [-0.15, -0.1) is 0 Å². The van der Waals surface area contributed by atoms with Crippen LogP contribution in [0.3, 0.4) is 0 Å². The topological polar surface area (TPSA) is 152 Å². The average molecular weight is 702 g/mol. The van der Waals surface area contributed by atoms with Gasteiger partial charge in [-0.2, -0.15) is 4.98 Å². The Balaban J connectivity index is 1.20. The molecule has 52 heavy (non-hydrogen) atoms. The zero-order valence-corrected chi connectivity index (χ0v) is 28.9. The maximum atomic E-state index is 13.4. The number of carbonyl (C=O) groups excluding carboxylic acids is 1. The summed E-state index contributed by atoms with van der Waals surface area (Å²) >= 11 is 0. The zero-order valence-electron chi connectivity index (χ0n) is 28.9. The minimum absolute atomic E-state index is 0.000205. The fourth-order valence-corrected chi connectivity index (χ4v) is 6.90. The van der Waals surface area contributed by atoms with Crippen LogP contribution in [-0.4, -0.2) is 58.3 Å². The van der Waals surface area contributed by atoms with Gasteiger partial charge in [0.25, 0.3) is 0 Å². The fraction of sp³-hybridized carbons (Fsp3) is 0.225. The van der Waals surface area contributed by atoms with Gasteiger partial charge in [-0.1, -0.05) is 66.7 Å². The number of anilines is 1. The molecule has 4 N–H and O–H groups in total. The van der Waals surface area contributed by atoms with Gasteiger partial charge in [-0.25, -0.2) is 9.59 Å². The van der Waals surface area contributed by atoms with Crippen LogP contribution in [0.2, 0.25) is 0 Å². The Kier molecular flexibility index (Phi) is 9.52. The first-order valence-corrected chi connectivity index (χ1v) is 16.8. The van der Waals surface area contributed by atoms with E-state index in [1.54, 1.807) is 38.6 Å². The molecular formula is C40H39N5O7. The van der Waals surface area contributed by atoms with Gasteiger partial charge in [-0.3, -0.25) is 4.57 Å². The molecule has 3 atom stereocenters. The van der Waals surface area contributed by atoms with Crippen molar-refractivity contribution in [1.29, 1.82) is 0 Å². The number of aryl methyl sites for hydroxylation is 1. The summed E-state index contributed by atoms with van der Waals surface area (Å²) in [5.41, 5.74) is 8.84. The first-order valence-electron chi connectivity index (χ1n) is 16.8. The smallest absolute Gasteiger partial charge is 0.351 e. The Labute approximate surface area is 300 Å². The van der Waals surface area contributed by atoms with Crippen LogP contribution in [0.4, 0.5) is 10.5 Å². The number of fused-ring (bicyclic) bond motifs is 1. The van der Waals surface area contributed by atoms with Crippen molar-refractivity contribution >= 4 is 22.8 Å². The van der Waals surface area contributed by atoms with Crippen molar-refractivity contribution in [3.05, 3.63) is 143 Å². The summed E-state index contributed by atoms with van der Waals surface area (Å²) in [7, 11) is 5.05. The van der Waals surface area contributed by atoms with Crippen molar-refractivity contribution in [2.45, 2.75) is 30.5 Å². The van der Waals surface area contributed by atoms with E-state index in [9.17, 15) is 14.7 Å². The van der Waals surface area contributed by atoms with Crippen molar-refractivity contribution in [2.24, 2.45) is 12.8 Å². The van der Waals surface area contributed by atoms with Crippen molar-refractivity contribution in [3.63, 3.8) is 0 Å². The molecule has 1 aliphatic rings. The molecule has 0 radical (unpaired) electrons. The second-order valence-electron chi connectivity index (χ2n) is 12.6. The molecule has 4 aromatic carbocycles. The van der Waals surface area contributed by atoms with Gasteiger partial charge >= 0.3 is 11.7 Å². The van der Waals surface area contributed by atoms with Gasteiger partial charge in [0.1, 0.15) is 35.1 Å². The number of aliphatic hydroxyl groups excluding tert-OH is 1. The lowest BCUT2D eigenvalue weighted by Gasteiger charge is -2.37. The summed E-state index contributed by atoms with van der Waals surface area (Å²) < 4.78 is 27.5. The third-order valence-electron chi connectivity index (χ3n) is 9.51. The lowest BCUT2D eigenvalue weighted by Crippen LogP contribution is -2.38. The van der Waals surface area contributed by atoms with E-state index in [2.05, 4.69) is 10.3 Å². The molecule has 0 bridgehead atoms. The van der Waals surface area contributed by atoms with Crippen LogP contribution < -0.4 is 26.2 Å². The SMILES string of the molecule is COc1ccc(C(OC[C@H]2O[C@@H](n3cc4cc(-c5cccc(NC(N)=O)c5)n(C)c4nc3=O)C[C@@H]2O)(c2ccccc2)c2ccc(OC)cc2)cc1. The number of methoxy groups -OCH3 is 2. The average Bonchev–Trinajstić information content (AvgIpc) is 3.70. The van der Waals surface area contributed by atoms with Gasteiger partial charge in [-0.05, 0) is 59.2 Å². The van der Waals surface area contributed by atoms with E-state index in [1.807, 2.05) is 103 Å². The van der Waals surface area contributed by atoms with E-state index in [1.165, 1.54) is 4.57 Å². The Morgan fingerprint density at radius 1 is 0.923 bits per heavy atom. The maximum absolute atomic E-state index is 13.4. The predicted molar refractivity (Wildman–Crippen MR) is 196 cm³/mol. The number of ether oxygens (including phenoxy) is 4. The Morgan fingerprint density at radius 2 is 1.56 bits per heavy atom. The Hall–Kier alpha value is -5.95. The first-order chi connectivity index (χ1) is 25.2. The van der Waals surface area contributed by atoms with E-state index in [-0.39, 0.29) is 13.0 Å². The number of nitrogens with one attached hydrogen (secondary N) is 1. The zero-order chi connectivity index (χ0) is 36.4. The van der Waals surface area contributed by atoms with Crippen molar-refractivity contribution < 1.29 is 28.8 Å². The van der Waals surface area contributed by atoms with Crippen LogP contribution in [0.5, 0.6) is 11.5 Å². The molecule has 2 amide bonds. The van der Waals surface area contributed by atoms with Gasteiger partial charge in [0, 0.05) is 36.3 Å². The van der Waals surface area contributed by atoms with Crippen LogP contribution >= 0.6 is 0 Å². The lowest BCUT2D eigenvalue weighted by atomic mass is 9.80. The van der Waals surface area contributed by atoms with E-state index in [0.29, 0.717) is 28.2 Å². The summed E-state index contributed by atoms with van der Waals surface area (Å²) in [6.07, 6.45) is -0.625. The highest BCUT2D eigenvalue weighted by Gasteiger charge is 2.42. The van der Waals surface area contributed by atoms with E-state index < -0.39 is 35.8 Å². The molecule has 1 aliphatic heterocycles. The third-order valence-corrected chi connectivity index (χ3v) is 9.51. The number of amides is 2. The molecule has 1 fully saturated rings.